The molecule has 0 spiro atoms. The number of hydrogen-bond acceptors (Lipinski definition) is 1. The van der Waals surface area contributed by atoms with Crippen molar-refractivity contribution in [3.05, 3.63) is 212 Å². The summed E-state index contributed by atoms with van der Waals surface area (Å²) in [6.45, 7) is 0. The van der Waals surface area contributed by atoms with Crippen molar-refractivity contribution in [1.82, 2.24) is 0 Å². The van der Waals surface area contributed by atoms with E-state index < -0.39 is 0 Å². The Hall–Kier alpha value is -6.77. The fourth-order valence-electron chi connectivity index (χ4n) is 7.29. The van der Waals surface area contributed by atoms with Crippen molar-refractivity contribution in [2.75, 3.05) is 4.90 Å². The van der Waals surface area contributed by atoms with Gasteiger partial charge in [-0.15, -0.1) is 0 Å². The van der Waals surface area contributed by atoms with E-state index in [1.165, 1.54) is 67.1 Å². The Morgan fingerprint density at radius 2 is 0.538 bits per heavy atom. The highest BCUT2D eigenvalue weighted by molar-refractivity contribution is 5.98. The Morgan fingerprint density at radius 3 is 0.865 bits per heavy atom. The molecule has 0 saturated heterocycles. The Bertz CT molecular complexity index is 2480. The molecule has 0 radical (unpaired) electrons. The van der Waals surface area contributed by atoms with Crippen LogP contribution in [-0.4, -0.2) is 0 Å². The Kier molecular flexibility index (Phi) is 8.11. The second kappa shape index (κ2) is 13.5. The summed E-state index contributed by atoms with van der Waals surface area (Å²) in [5, 5.41) is 4.84. The molecule has 0 aliphatic rings. The SMILES string of the molecule is Fc1ccc(N(c2ccc(-c3cc4ccccc4cc3-c3ccccc3)cc2)c2ccc(-c3cc4ccccc4cc3-c3ccccc3)cc2)cc1. The first-order chi connectivity index (χ1) is 25.7. The first kappa shape index (κ1) is 31.2. The number of nitrogens with zero attached hydrogens (tertiary/aromatic N) is 1. The van der Waals surface area contributed by atoms with E-state index >= 15 is 0 Å². The predicted molar refractivity (Wildman–Crippen MR) is 218 cm³/mol. The minimum Gasteiger partial charge on any atom is -0.311 e. The molecule has 1 nitrogen and oxygen atoms in total. The van der Waals surface area contributed by atoms with Crippen LogP contribution in [0.5, 0.6) is 0 Å². The van der Waals surface area contributed by atoms with E-state index in [9.17, 15) is 4.39 Å². The van der Waals surface area contributed by atoms with Crippen molar-refractivity contribution in [2.24, 2.45) is 0 Å². The number of fused-ring (bicyclic) bond motifs is 2. The molecule has 0 saturated carbocycles. The summed E-state index contributed by atoms with van der Waals surface area (Å²) in [4.78, 5) is 2.18. The van der Waals surface area contributed by atoms with E-state index in [0.717, 1.165) is 28.2 Å². The maximum absolute atomic E-state index is 14.2. The topological polar surface area (TPSA) is 3.24 Å². The average molecular weight is 668 g/mol. The molecule has 9 rings (SSSR count). The summed E-state index contributed by atoms with van der Waals surface area (Å²) >= 11 is 0. The van der Waals surface area contributed by atoms with E-state index in [1.54, 1.807) is 0 Å². The normalized spacial score (nSPS) is 11.2. The summed E-state index contributed by atoms with van der Waals surface area (Å²) < 4.78 is 14.2. The molecule has 0 atom stereocenters. The van der Waals surface area contributed by atoms with Gasteiger partial charge in [0.2, 0.25) is 0 Å². The summed E-state index contributed by atoms with van der Waals surface area (Å²) in [6, 6.07) is 71.5. The zero-order valence-corrected chi connectivity index (χ0v) is 28.5. The molecule has 2 heteroatoms. The molecule has 0 fully saturated rings. The summed E-state index contributed by atoms with van der Waals surface area (Å²) in [7, 11) is 0. The molecule has 0 aliphatic carbocycles. The fourth-order valence-corrected chi connectivity index (χ4v) is 7.29. The molecule has 0 heterocycles. The van der Waals surface area contributed by atoms with Gasteiger partial charge in [0.15, 0.2) is 0 Å². The first-order valence-electron chi connectivity index (χ1n) is 17.6. The molecular formula is C50H34FN. The van der Waals surface area contributed by atoms with Gasteiger partial charge in [0, 0.05) is 17.1 Å². The van der Waals surface area contributed by atoms with Crippen molar-refractivity contribution in [3.63, 3.8) is 0 Å². The highest BCUT2D eigenvalue weighted by atomic mass is 19.1. The fraction of sp³-hybridized carbons (Fsp3) is 0. The molecule has 0 unspecified atom stereocenters. The average Bonchev–Trinajstić information content (AvgIpc) is 3.22. The Morgan fingerprint density at radius 1 is 0.269 bits per heavy atom. The summed E-state index contributed by atoms with van der Waals surface area (Å²) in [5.74, 6) is -0.260. The molecule has 0 amide bonds. The van der Waals surface area contributed by atoms with Crippen LogP contribution in [-0.2, 0) is 0 Å². The van der Waals surface area contributed by atoms with Crippen LogP contribution < -0.4 is 4.90 Å². The minimum atomic E-state index is -0.260. The number of anilines is 3. The maximum Gasteiger partial charge on any atom is 0.123 e. The summed E-state index contributed by atoms with van der Waals surface area (Å²) in [6.07, 6.45) is 0. The van der Waals surface area contributed by atoms with E-state index in [0.29, 0.717) is 0 Å². The van der Waals surface area contributed by atoms with Crippen LogP contribution in [0.2, 0.25) is 0 Å². The van der Waals surface area contributed by atoms with Gasteiger partial charge in [-0.2, -0.15) is 0 Å². The largest absolute Gasteiger partial charge is 0.311 e. The van der Waals surface area contributed by atoms with Crippen molar-refractivity contribution in [3.8, 4) is 44.5 Å². The highest BCUT2D eigenvalue weighted by Crippen LogP contribution is 2.41. The Balaban J connectivity index is 1.13. The first-order valence-corrected chi connectivity index (χ1v) is 17.6. The molecular weight excluding hydrogens is 634 g/mol. The zero-order chi connectivity index (χ0) is 34.9. The third-order valence-electron chi connectivity index (χ3n) is 9.90. The number of benzene rings is 9. The van der Waals surface area contributed by atoms with Gasteiger partial charge < -0.3 is 4.90 Å². The zero-order valence-electron chi connectivity index (χ0n) is 28.5. The van der Waals surface area contributed by atoms with Gasteiger partial charge in [-0.25, -0.2) is 4.39 Å². The van der Waals surface area contributed by atoms with Crippen molar-refractivity contribution < 1.29 is 4.39 Å². The molecule has 0 aliphatic heterocycles. The molecule has 0 N–H and O–H groups in total. The van der Waals surface area contributed by atoms with Crippen LogP contribution >= 0.6 is 0 Å². The second-order valence-electron chi connectivity index (χ2n) is 13.1. The molecule has 9 aromatic rings. The van der Waals surface area contributed by atoms with Crippen LogP contribution in [0.15, 0.2) is 206 Å². The smallest absolute Gasteiger partial charge is 0.123 e. The van der Waals surface area contributed by atoms with Crippen LogP contribution in [0.1, 0.15) is 0 Å². The van der Waals surface area contributed by atoms with Gasteiger partial charge in [-0.1, -0.05) is 133 Å². The molecule has 52 heavy (non-hydrogen) atoms. The van der Waals surface area contributed by atoms with Crippen molar-refractivity contribution in [1.29, 1.82) is 0 Å². The van der Waals surface area contributed by atoms with Crippen LogP contribution in [0.25, 0.3) is 66.1 Å². The van der Waals surface area contributed by atoms with E-state index in [2.05, 4.69) is 187 Å². The van der Waals surface area contributed by atoms with Gasteiger partial charge >= 0.3 is 0 Å². The lowest BCUT2D eigenvalue weighted by Gasteiger charge is -2.26. The van der Waals surface area contributed by atoms with Crippen LogP contribution in [0.4, 0.5) is 21.5 Å². The van der Waals surface area contributed by atoms with E-state index in [1.807, 2.05) is 12.1 Å². The minimum absolute atomic E-state index is 0.260. The van der Waals surface area contributed by atoms with E-state index in [4.69, 9.17) is 0 Å². The predicted octanol–water partition coefficient (Wildman–Crippen LogP) is 14.3. The highest BCUT2D eigenvalue weighted by Gasteiger charge is 2.16. The standard InChI is InChI=1S/C50H34FN/c51-43-23-29-46(30-24-43)52(44-25-19-37(20-26-44)49-33-41-17-9-7-15-39(41)31-47(49)35-11-3-1-4-12-35)45-27-21-38(22-28-45)50-34-42-18-10-8-16-40(42)32-48(50)36-13-5-2-6-14-36/h1-34H. The Labute approximate surface area is 303 Å². The molecule has 0 bridgehead atoms. The van der Waals surface area contributed by atoms with Gasteiger partial charge in [0.1, 0.15) is 5.82 Å². The van der Waals surface area contributed by atoms with Gasteiger partial charge in [-0.3, -0.25) is 0 Å². The van der Waals surface area contributed by atoms with Gasteiger partial charge in [0.05, 0.1) is 0 Å². The van der Waals surface area contributed by atoms with Crippen molar-refractivity contribution in [2.45, 2.75) is 0 Å². The van der Waals surface area contributed by atoms with Crippen molar-refractivity contribution >= 4 is 38.6 Å². The number of halogens is 1. The third kappa shape index (κ3) is 6.01. The number of hydrogen-bond donors (Lipinski definition) is 0. The number of rotatable bonds is 7. The molecule has 0 aromatic heterocycles. The lowest BCUT2D eigenvalue weighted by atomic mass is 9.91. The van der Waals surface area contributed by atoms with Crippen LogP contribution in [0, 0.1) is 5.82 Å². The second-order valence-corrected chi connectivity index (χ2v) is 13.1. The van der Waals surface area contributed by atoms with Crippen LogP contribution in [0.3, 0.4) is 0 Å². The third-order valence-corrected chi connectivity index (χ3v) is 9.90. The van der Waals surface area contributed by atoms with Gasteiger partial charge in [0.25, 0.3) is 0 Å². The lowest BCUT2D eigenvalue weighted by molar-refractivity contribution is 0.628. The molecule has 9 aromatic carbocycles. The quantitative estimate of drug-likeness (QED) is 0.163. The molecule has 246 valence electrons. The maximum atomic E-state index is 14.2. The van der Waals surface area contributed by atoms with E-state index in [-0.39, 0.29) is 5.82 Å². The summed E-state index contributed by atoms with van der Waals surface area (Å²) in [5.41, 5.74) is 12.2. The lowest BCUT2D eigenvalue weighted by Crippen LogP contribution is -2.09. The monoisotopic (exact) mass is 667 g/mol. The van der Waals surface area contributed by atoms with Gasteiger partial charge in [-0.05, 0) is 139 Å².